The highest BCUT2D eigenvalue weighted by Crippen LogP contribution is 2.59. The first-order valence-corrected chi connectivity index (χ1v) is 20.6. The molecular weight excluding hydrogens is 665 g/mol. The molecule has 0 bridgehead atoms. The summed E-state index contributed by atoms with van der Waals surface area (Å²) >= 11 is 0. The van der Waals surface area contributed by atoms with E-state index in [4.69, 9.17) is 0 Å². The summed E-state index contributed by atoms with van der Waals surface area (Å²) < 4.78 is 2.81. The molecule has 1 heterocycles. The van der Waals surface area contributed by atoms with E-state index in [9.17, 15) is 5.26 Å². The minimum absolute atomic E-state index is 0.151. The Kier molecular flexibility index (Phi) is 7.60. The molecule has 0 amide bonds. The summed E-state index contributed by atoms with van der Waals surface area (Å²) in [4.78, 5) is 0. The molecule has 55 heavy (non-hydrogen) atoms. The molecule has 2 atom stereocenters. The van der Waals surface area contributed by atoms with Crippen LogP contribution in [-0.4, -0.2) is 4.57 Å². The molecule has 0 saturated carbocycles. The van der Waals surface area contributed by atoms with Crippen LogP contribution in [0, 0.1) is 11.3 Å². The second kappa shape index (κ2) is 12.9. The molecule has 2 unspecified atom stereocenters. The monoisotopic (exact) mass is 708 g/mol. The van der Waals surface area contributed by atoms with Gasteiger partial charge in [-0.1, -0.05) is 116 Å². The second-order valence-electron chi connectivity index (χ2n) is 16.2. The minimum atomic E-state index is 0.151. The number of nitriles is 1. The molecule has 4 aliphatic rings. The Bertz CT molecular complexity index is 2880. The standard InChI is InChI=1S/C53H44N2/c1-2-38-47(26-14-18-34-16-5-3-4-6-20-39(34)49(38)36-19-13-15-33(29-36)32-54)55-48-25-12-11-24-43(48)46-31-45-42-23-10-9-22-41(42)44-30-37-28-27-35-17-7-8-21-40(35)50(37)52(51(44)45)53(46)55/h6-13,15,17,19-25,27-29,31,44,47H,2-5,14,16,18,26,30H2,1H3/b20-6-,39-34?,49-38-. The molecule has 11 rings (SSSR count). The van der Waals surface area contributed by atoms with Gasteiger partial charge in [0.15, 0.2) is 0 Å². The van der Waals surface area contributed by atoms with Crippen molar-refractivity contribution in [2.45, 2.75) is 76.7 Å². The Balaban J connectivity index is 1.30. The Morgan fingerprint density at radius 1 is 0.745 bits per heavy atom. The van der Waals surface area contributed by atoms with E-state index < -0.39 is 0 Å². The van der Waals surface area contributed by atoms with Crippen LogP contribution in [-0.2, 0) is 6.42 Å². The number of allylic oxidation sites excluding steroid dienone is 6. The number of hydrogen-bond acceptors (Lipinski definition) is 1. The van der Waals surface area contributed by atoms with E-state index in [2.05, 4.69) is 139 Å². The second-order valence-corrected chi connectivity index (χ2v) is 16.2. The van der Waals surface area contributed by atoms with Gasteiger partial charge in [0.2, 0.25) is 0 Å². The summed E-state index contributed by atoms with van der Waals surface area (Å²) in [7, 11) is 0. The summed E-state index contributed by atoms with van der Waals surface area (Å²) in [5.74, 6) is 0.335. The summed E-state index contributed by atoms with van der Waals surface area (Å²) in [6, 6.07) is 45.9. The molecule has 7 aromatic rings. The van der Waals surface area contributed by atoms with Crippen LogP contribution in [0.5, 0.6) is 0 Å². The molecule has 1 aromatic heterocycles. The van der Waals surface area contributed by atoms with Gasteiger partial charge in [-0.15, -0.1) is 0 Å². The largest absolute Gasteiger partial charge is 0.333 e. The fourth-order valence-electron chi connectivity index (χ4n) is 11.1. The lowest BCUT2D eigenvalue weighted by molar-refractivity contribution is 0.517. The van der Waals surface area contributed by atoms with E-state index >= 15 is 0 Å². The molecule has 0 fully saturated rings. The maximum atomic E-state index is 10.1. The third-order valence-electron chi connectivity index (χ3n) is 13.4. The van der Waals surface area contributed by atoms with Gasteiger partial charge in [-0.3, -0.25) is 0 Å². The van der Waals surface area contributed by atoms with Gasteiger partial charge in [-0.05, 0) is 148 Å². The lowest BCUT2D eigenvalue weighted by Crippen LogP contribution is -2.18. The minimum Gasteiger partial charge on any atom is -0.333 e. The number of benzene rings is 6. The normalized spacial score (nSPS) is 20.9. The molecular formula is C53H44N2. The van der Waals surface area contributed by atoms with Gasteiger partial charge in [0.05, 0.1) is 23.2 Å². The number of fused-ring (bicyclic) bond motifs is 11. The lowest BCUT2D eigenvalue weighted by atomic mass is 9.75. The van der Waals surface area contributed by atoms with Gasteiger partial charge < -0.3 is 4.57 Å². The van der Waals surface area contributed by atoms with Crippen molar-refractivity contribution >= 4 is 38.2 Å². The molecule has 0 spiro atoms. The van der Waals surface area contributed by atoms with Crippen molar-refractivity contribution in [3.63, 3.8) is 0 Å². The summed E-state index contributed by atoms with van der Waals surface area (Å²) in [6.07, 6.45) is 14.9. The molecule has 0 N–H and O–H groups in total. The molecule has 4 aliphatic carbocycles. The third kappa shape index (κ3) is 4.85. The first kappa shape index (κ1) is 32.5. The van der Waals surface area contributed by atoms with Crippen LogP contribution < -0.4 is 0 Å². The smallest absolute Gasteiger partial charge is 0.0991 e. The zero-order valence-electron chi connectivity index (χ0n) is 31.5. The van der Waals surface area contributed by atoms with E-state index in [0.29, 0.717) is 5.92 Å². The van der Waals surface area contributed by atoms with Gasteiger partial charge in [0.25, 0.3) is 0 Å². The van der Waals surface area contributed by atoms with Crippen LogP contribution in [0.4, 0.5) is 0 Å². The molecule has 0 aliphatic heterocycles. The van der Waals surface area contributed by atoms with Crippen LogP contribution in [0.1, 0.15) is 98.1 Å². The Morgan fingerprint density at radius 3 is 2.49 bits per heavy atom. The number of rotatable bonds is 3. The maximum absolute atomic E-state index is 10.1. The first-order valence-electron chi connectivity index (χ1n) is 20.6. The lowest BCUT2D eigenvalue weighted by Gasteiger charge is -2.33. The Morgan fingerprint density at radius 2 is 1.58 bits per heavy atom. The maximum Gasteiger partial charge on any atom is 0.0991 e. The van der Waals surface area contributed by atoms with E-state index in [-0.39, 0.29) is 6.04 Å². The van der Waals surface area contributed by atoms with Gasteiger partial charge in [-0.25, -0.2) is 0 Å². The van der Waals surface area contributed by atoms with Gasteiger partial charge in [0.1, 0.15) is 0 Å². The number of nitrogens with zero attached hydrogens (tertiary/aromatic N) is 2. The van der Waals surface area contributed by atoms with Crippen molar-refractivity contribution in [3.05, 3.63) is 172 Å². The highest BCUT2D eigenvalue weighted by Gasteiger charge is 2.39. The number of aromatic nitrogens is 1. The molecule has 2 nitrogen and oxygen atoms in total. The molecule has 266 valence electrons. The summed E-state index contributed by atoms with van der Waals surface area (Å²) in [6.45, 7) is 2.37. The Labute approximate surface area is 323 Å². The van der Waals surface area contributed by atoms with Crippen LogP contribution in [0.15, 0.2) is 144 Å². The average Bonchev–Trinajstić information content (AvgIpc) is 3.72. The quantitative estimate of drug-likeness (QED) is 0.180. The zero-order chi connectivity index (χ0) is 36.6. The highest BCUT2D eigenvalue weighted by molar-refractivity contribution is 6.19. The van der Waals surface area contributed by atoms with Gasteiger partial charge in [0, 0.05) is 27.8 Å². The van der Waals surface area contributed by atoms with Crippen molar-refractivity contribution < 1.29 is 0 Å². The predicted molar refractivity (Wildman–Crippen MR) is 229 cm³/mol. The van der Waals surface area contributed by atoms with Crippen LogP contribution in [0.2, 0.25) is 0 Å². The molecule has 0 saturated heterocycles. The third-order valence-corrected chi connectivity index (χ3v) is 13.4. The molecule has 6 aromatic carbocycles. The van der Waals surface area contributed by atoms with E-state index in [1.54, 1.807) is 5.57 Å². The topological polar surface area (TPSA) is 28.7 Å². The summed E-state index contributed by atoms with van der Waals surface area (Å²) in [5, 5.41) is 15.5. The van der Waals surface area contributed by atoms with E-state index in [0.717, 1.165) is 50.5 Å². The van der Waals surface area contributed by atoms with Crippen LogP contribution in [0.25, 0.3) is 60.4 Å². The van der Waals surface area contributed by atoms with Crippen LogP contribution in [0.3, 0.4) is 0 Å². The number of hydrogen-bond donors (Lipinski definition) is 0. The first-order chi connectivity index (χ1) is 27.2. The molecule has 2 heteroatoms. The molecule has 0 radical (unpaired) electrons. The van der Waals surface area contributed by atoms with Crippen LogP contribution >= 0.6 is 0 Å². The van der Waals surface area contributed by atoms with Crippen molar-refractivity contribution in [2.24, 2.45) is 0 Å². The van der Waals surface area contributed by atoms with Crippen molar-refractivity contribution in [1.82, 2.24) is 4.57 Å². The van der Waals surface area contributed by atoms with Gasteiger partial charge in [-0.2, -0.15) is 5.26 Å². The van der Waals surface area contributed by atoms with Gasteiger partial charge >= 0.3 is 0 Å². The van der Waals surface area contributed by atoms with Crippen molar-refractivity contribution in [2.75, 3.05) is 0 Å². The fraction of sp³-hybridized carbons (Fsp3) is 0.226. The number of para-hydroxylation sites is 1. The van der Waals surface area contributed by atoms with E-state index in [1.807, 2.05) is 6.07 Å². The van der Waals surface area contributed by atoms with E-state index in [1.165, 1.54) is 107 Å². The average molecular weight is 709 g/mol. The fourth-order valence-corrected chi connectivity index (χ4v) is 11.1. The van der Waals surface area contributed by atoms with Crippen molar-refractivity contribution in [1.29, 1.82) is 5.26 Å². The zero-order valence-corrected chi connectivity index (χ0v) is 31.5. The highest BCUT2D eigenvalue weighted by atomic mass is 15.0. The SMILES string of the molecule is CC/C1=C(\c2cccc(C#N)c2)C2=C(CCCC/C=C\2)CCCC1n1c2ccccc2c2cc3c4c(c21)-c1c(ccc2ccccc12)CC4c1ccccc1-3. The Hall–Kier alpha value is -5.91. The predicted octanol–water partition coefficient (Wildman–Crippen LogP) is 14.2. The summed E-state index contributed by atoms with van der Waals surface area (Å²) in [5.41, 5.74) is 20.6. The van der Waals surface area contributed by atoms with Crippen molar-refractivity contribution in [3.8, 4) is 28.3 Å².